The molecule has 0 aliphatic carbocycles. The van der Waals surface area contributed by atoms with Crippen molar-refractivity contribution in [2.24, 2.45) is 9.98 Å². The van der Waals surface area contributed by atoms with Crippen LogP contribution in [0.25, 0.3) is 5.70 Å². The zero-order valence-electron chi connectivity index (χ0n) is 14.2. The van der Waals surface area contributed by atoms with E-state index in [4.69, 9.17) is 0 Å². The maximum Gasteiger partial charge on any atom is 0.125 e. The van der Waals surface area contributed by atoms with Crippen LogP contribution in [0.1, 0.15) is 16.7 Å². The summed E-state index contributed by atoms with van der Waals surface area (Å²) < 4.78 is 0.850. The Morgan fingerprint density at radius 3 is 2.60 bits per heavy atom. The molecule has 0 unspecified atom stereocenters. The SMILES string of the molecule is C=C\C=N/C=N/C(=C/Nc1c(C)cccc1C)c1cc(Br)ccc1O. The number of rotatable bonds is 6. The molecule has 2 N–H and O–H groups in total. The van der Waals surface area contributed by atoms with Gasteiger partial charge in [0.15, 0.2) is 0 Å². The number of nitrogens with zero attached hydrogens (tertiary/aromatic N) is 2. The van der Waals surface area contributed by atoms with E-state index >= 15 is 0 Å². The first-order valence-corrected chi connectivity index (χ1v) is 8.50. The van der Waals surface area contributed by atoms with Crippen molar-refractivity contribution in [3.63, 3.8) is 0 Å². The number of hydrogen-bond donors (Lipinski definition) is 2. The summed E-state index contributed by atoms with van der Waals surface area (Å²) in [5, 5.41) is 13.5. The highest BCUT2D eigenvalue weighted by atomic mass is 79.9. The molecule has 4 nitrogen and oxygen atoms in total. The van der Waals surface area contributed by atoms with Gasteiger partial charge in [-0.15, -0.1) is 0 Å². The zero-order chi connectivity index (χ0) is 18.2. The molecule has 0 amide bonds. The first-order chi connectivity index (χ1) is 12.0. The molecule has 0 spiro atoms. The highest BCUT2D eigenvalue weighted by Crippen LogP contribution is 2.30. The molecule has 0 aliphatic heterocycles. The lowest BCUT2D eigenvalue weighted by Crippen LogP contribution is -1.96. The molecule has 128 valence electrons. The molecule has 0 aromatic heterocycles. The van der Waals surface area contributed by atoms with Crippen LogP contribution >= 0.6 is 15.9 Å². The molecule has 2 rings (SSSR count). The summed E-state index contributed by atoms with van der Waals surface area (Å²) in [5.41, 5.74) is 4.42. The van der Waals surface area contributed by atoms with Gasteiger partial charge in [0.2, 0.25) is 0 Å². The average molecular weight is 398 g/mol. The zero-order valence-corrected chi connectivity index (χ0v) is 15.8. The molecular formula is C20H20BrN3O. The molecule has 0 heterocycles. The standard InChI is InChI=1S/C20H20BrN3O/c1-4-10-22-13-24-18(17-11-16(21)8-9-19(17)25)12-23-20-14(2)6-5-7-15(20)3/h4-13,23,25H,1H2,2-3H3/b18-12+,22-10-,24-13+. The minimum absolute atomic E-state index is 0.141. The van der Waals surface area contributed by atoms with Gasteiger partial charge in [-0.05, 0) is 43.2 Å². The Morgan fingerprint density at radius 1 is 1.20 bits per heavy atom. The van der Waals surface area contributed by atoms with Gasteiger partial charge in [-0.3, -0.25) is 0 Å². The topological polar surface area (TPSA) is 57.0 Å². The van der Waals surface area contributed by atoms with Crippen LogP contribution in [-0.4, -0.2) is 17.7 Å². The van der Waals surface area contributed by atoms with Gasteiger partial charge in [-0.1, -0.05) is 46.8 Å². The van der Waals surface area contributed by atoms with E-state index in [1.165, 1.54) is 6.34 Å². The second-order valence-electron chi connectivity index (χ2n) is 5.38. The third kappa shape index (κ3) is 5.16. The summed E-state index contributed by atoms with van der Waals surface area (Å²) in [6, 6.07) is 11.3. The van der Waals surface area contributed by atoms with Crippen molar-refractivity contribution in [1.29, 1.82) is 0 Å². The predicted molar refractivity (Wildman–Crippen MR) is 111 cm³/mol. The van der Waals surface area contributed by atoms with Crippen molar-refractivity contribution in [1.82, 2.24) is 0 Å². The number of allylic oxidation sites excluding steroid dienone is 1. The molecule has 0 saturated carbocycles. The van der Waals surface area contributed by atoms with Crippen LogP contribution in [-0.2, 0) is 0 Å². The van der Waals surface area contributed by atoms with Crippen molar-refractivity contribution in [3.8, 4) is 5.75 Å². The van der Waals surface area contributed by atoms with Crippen molar-refractivity contribution < 1.29 is 5.11 Å². The molecule has 0 radical (unpaired) electrons. The van der Waals surface area contributed by atoms with Crippen LogP contribution in [0.15, 0.2) is 69.7 Å². The Bertz CT molecular complexity index is 834. The van der Waals surface area contributed by atoms with Crippen molar-refractivity contribution in [2.75, 3.05) is 5.32 Å². The smallest absolute Gasteiger partial charge is 0.125 e. The molecule has 5 heteroatoms. The number of benzene rings is 2. The molecule has 0 atom stereocenters. The Hall–Kier alpha value is -2.66. The van der Waals surface area contributed by atoms with Gasteiger partial charge in [-0.25, -0.2) is 9.98 Å². The van der Waals surface area contributed by atoms with Gasteiger partial charge in [-0.2, -0.15) is 0 Å². The molecule has 0 saturated heterocycles. The van der Waals surface area contributed by atoms with Gasteiger partial charge in [0.05, 0.1) is 5.70 Å². The van der Waals surface area contributed by atoms with E-state index in [0.29, 0.717) is 11.3 Å². The summed E-state index contributed by atoms with van der Waals surface area (Å²) in [6.45, 7) is 7.65. The summed E-state index contributed by atoms with van der Waals surface area (Å²) in [7, 11) is 0. The van der Waals surface area contributed by atoms with E-state index < -0.39 is 0 Å². The molecule has 25 heavy (non-hydrogen) atoms. The fourth-order valence-electron chi connectivity index (χ4n) is 2.28. The minimum atomic E-state index is 0.141. The maximum absolute atomic E-state index is 10.2. The normalized spacial score (nSPS) is 12.0. The summed E-state index contributed by atoms with van der Waals surface area (Å²) in [5.74, 6) is 0.141. The third-order valence-electron chi connectivity index (χ3n) is 3.52. The fraction of sp³-hybridized carbons (Fsp3) is 0.100. The number of hydrogen-bond acceptors (Lipinski definition) is 3. The van der Waals surface area contributed by atoms with Gasteiger partial charge < -0.3 is 10.4 Å². The largest absolute Gasteiger partial charge is 0.507 e. The van der Waals surface area contributed by atoms with E-state index in [0.717, 1.165) is 21.3 Å². The quantitative estimate of drug-likeness (QED) is 0.501. The Balaban J connectivity index is 2.43. The lowest BCUT2D eigenvalue weighted by Gasteiger charge is -2.11. The molecular weight excluding hydrogens is 378 g/mol. The number of halogens is 1. The minimum Gasteiger partial charge on any atom is -0.507 e. The molecule has 2 aromatic carbocycles. The van der Waals surface area contributed by atoms with E-state index in [2.05, 4.69) is 37.8 Å². The van der Waals surface area contributed by atoms with Crippen LogP contribution in [0.4, 0.5) is 5.69 Å². The molecule has 0 bridgehead atoms. The van der Waals surface area contributed by atoms with Crippen LogP contribution < -0.4 is 5.32 Å². The lowest BCUT2D eigenvalue weighted by molar-refractivity contribution is 0.473. The van der Waals surface area contributed by atoms with Crippen molar-refractivity contribution >= 4 is 39.9 Å². The number of aryl methyl sites for hydroxylation is 2. The Kier molecular flexibility index (Phi) is 6.71. The average Bonchev–Trinajstić information content (AvgIpc) is 2.58. The van der Waals surface area contributed by atoms with E-state index in [9.17, 15) is 5.11 Å². The molecule has 2 aromatic rings. The van der Waals surface area contributed by atoms with Gasteiger partial charge in [0, 0.05) is 28.1 Å². The van der Waals surface area contributed by atoms with E-state index in [1.54, 1.807) is 30.6 Å². The summed E-state index contributed by atoms with van der Waals surface area (Å²) >= 11 is 3.42. The highest BCUT2D eigenvalue weighted by molar-refractivity contribution is 9.10. The number of phenols is 1. The van der Waals surface area contributed by atoms with E-state index in [1.807, 2.05) is 38.1 Å². The second-order valence-corrected chi connectivity index (χ2v) is 6.30. The van der Waals surface area contributed by atoms with Crippen LogP contribution in [0.3, 0.4) is 0 Å². The number of phenolic OH excluding ortho intramolecular Hbond substituents is 1. The number of anilines is 1. The molecule has 0 fully saturated rings. The molecule has 0 aliphatic rings. The highest BCUT2D eigenvalue weighted by Gasteiger charge is 2.08. The van der Waals surface area contributed by atoms with Crippen LogP contribution in [0, 0.1) is 13.8 Å². The lowest BCUT2D eigenvalue weighted by atomic mass is 10.1. The Morgan fingerprint density at radius 2 is 1.92 bits per heavy atom. The monoisotopic (exact) mass is 397 g/mol. The Labute approximate surface area is 156 Å². The maximum atomic E-state index is 10.2. The first kappa shape index (κ1) is 18.7. The number of aromatic hydroxyl groups is 1. The number of aliphatic imine (C=N–C) groups is 2. The van der Waals surface area contributed by atoms with Crippen LogP contribution in [0.2, 0.25) is 0 Å². The van der Waals surface area contributed by atoms with Gasteiger partial charge >= 0.3 is 0 Å². The predicted octanol–water partition coefficient (Wildman–Crippen LogP) is 5.47. The van der Waals surface area contributed by atoms with E-state index in [-0.39, 0.29) is 5.75 Å². The second kappa shape index (κ2) is 8.99. The van der Waals surface area contributed by atoms with Crippen molar-refractivity contribution in [3.05, 3.63) is 76.4 Å². The summed E-state index contributed by atoms with van der Waals surface area (Å²) in [6.07, 6.45) is 6.29. The van der Waals surface area contributed by atoms with Crippen LogP contribution in [0.5, 0.6) is 5.75 Å². The van der Waals surface area contributed by atoms with Gasteiger partial charge in [0.25, 0.3) is 0 Å². The summed E-state index contributed by atoms with van der Waals surface area (Å²) in [4.78, 5) is 8.36. The number of nitrogens with one attached hydrogen (secondary N) is 1. The number of para-hydroxylation sites is 1. The fourth-order valence-corrected chi connectivity index (χ4v) is 2.64. The van der Waals surface area contributed by atoms with Gasteiger partial charge in [0.1, 0.15) is 12.1 Å². The third-order valence-corrected chi connectivity index (χ3v) is 4.02. The van der Waals surface area contributed by atoms with Crippen molar-refractivity contribution in [2.45, 2.75) is 13.8 Å². The first-order valence-electron chi connectivity index (χ1n) is 7.71.